The van der Waals surface area contributed by atoms with E-state index >= 15 is 0 Å². The summed E-state index contributed by atoms with van der Waals surface area (Å²) in [4.78, 5) is 9.53. The van der Waals surface area contributed by atoms with Crippen LogP contribution in [-0.4, -0.2) is 16.9 Å². The van der Waals surface area contributed by atoms with Gasteiger partial charge in [-0.3, -0.25) is 0 Å². The van der Waals surface area contributed by atoms with Crippen LogP contribution in [0.2, 0.25) is 0 Å². The maximum Gasteiger partial charge on any atom is 0.217 e. The molecule has 0 radical (unpaired) electrons. The molecule has 0 bridgehead atoms. The van der Waals surface area contributed by atoms with Crippen molar-refractivity contribution in [2.45, 2.75) is 84.0 Å². The van der Waals surface area contributed by atoms with Gasteiger partial charge in [0.2, 0.25) is 5.88 Å². The second kappa shape index (κ2) is 13.1. The number of hydrogen-bond donors (Lipinski definition) is 0. The summed E-state index contributed by atoms with van der Waals surface area (Å²) in [7, 11) is 2.01. The van der Waals surface area contributed by atoms with Gasteiger partial charge in [0.25, 0.3) is 0 Å². The average molecular weight is 854 g/mol. The Bertz CT molecular complexity index is 2030. The van der Waals surface area contributed by atoms with Crippen LogP contribution >= 0.6 is 0 Å². The zero-order valence-corrected chi connectivity index (χ0v) is 33.7. The molecule has 0 fully saturated rings. The van der Waals surface area contributed by atoms with E-state index in [1.807, 2.05) is 66.2 Å². The largest absolute Gasteiger partial charge is 0.510 e. The van der Waals surface area contributed by atoms with Crippen LogP contribution in [0.5, 0.6) is 11.6 Å². The zero-order chi connectivity index (χ0) is 35.6. The molecule has 0 amide bonds. The van der Waals surface area contributed by atoms with Gasteiger partial charge in [-0.2, -0.15) is 43.1 Å². The van der Waals surface area contributed by atoms with Gasteiger partial charge < -0.3 is 14.5 Å². The van der Waals surface area contributed by atoms with Crippen LogP contribution in [0.25, 0.3) is 11.1 Å². The molecule has 1 aromatic heterocycles. The second-order valence-corrected chi connectivity index (χ2v) is 16.9. The number of nitrogens with zero attached hydrogens (tertiary/aromatic N) is 3. The van der Waals surface area contributed by atoms with Gasteiger partial charge in [-0.25, -0.2) is 4.98 Å². The molecule has 0 spiro atoms. The summed E-state index contributed by atoms with van der Waals surface area (Å²) < 4.78 is 6.70. The van der Waals surface area contributed by atoms with E-state index in [4.69, 9.17) is 9.72 Å². The molecule has 0 saturated carbocycles. The summed E-state index contributed by atoms with van der Waals surface area (Å²) in [6.45, 7) is 22.5. The van der Waals surface area contributed by atoms with Gasteiger partial charge in [0.05, 0.1) is 11.1 Å². The molecule has 266 valence electrons. The molecule has 1 aliphatic heterocycles. The zero-order valence-electron chi connectivity index (χ0n) is 31.5. The summed E-state index contributed by atoms with van der Waals surface area (Å²) >= 11 is 0. The molecule has 0 N–H and O–H groups in total. The minimum atomic E-state index is -0.737. The molecular formula is C46H48N3OPt-3. The Morgan fingerprint density at radius 1 is 0.686 bits per heavy atom. The number of fused-ring (bicyclic) bond motifs is 3. The molecule has 4 aromatic carbocycles. The van der Waals surface area contributed by atoms with E-state index in [-0.39, 0.29) is 37.3 Å². The van der Waals surface area contributed by atoms with Crippen molar-refractivity contribution in [1.82, 2.24) is 9.88 Å². The van der Waals surface area contributed by atoms with Crippen LogP contribution < -0.4 is 9.64 Å². The normalized spacial score (nSPS) is 15.0. The Morgan fingerprint density at radius 3 is 1.84 bits per heavy atom. The van der Waals surface area contributed by atoms with E-state index < -0.39 is 5.41 Å². The molecule has 4 nitrogen and oxygen atoms in total. The smallest absolute Gasteiger partial charge is 0.217 e. The molecule has 7 rings (SSSR count). The molecule has 0 atom stereocenters. The molecule has 5 aromatic rings. The van der Waals surface area contributed by atoms with Crippen molar-refractivity contribution >= 4 is 5.69 Å². The van der Waals surface area contributed by atoms with Crippen molar-refractivity contribution in [3.8, 4) is 22.8 Å². The van der Waals surface area contributed by atoms with Crippen molar-refractivity contribution < 1.29 is 25.8 Å². The van der Waals surface area contributed by atoms with Gasteiger partial charge in [-0.05, 0) is 80.7 Å². The summed E-state index contributed by atoms with van der Waals surface area (Å²) in [6.07, 6.45) is 4.02. The predicted octanol–water partition coefficient (Wildman–Crippen LogP) is 11.1. The predicted molar refractivity (Wildman–Crippen MR) is 206 cm³/mol. The molecule has 5 heteroatoms. The minimum absolute atomic E-state index is 0. The Morgan fingerprint density at radius 2 is 1.31 bits per heavy atom. The molecule has 0 unspecified atom stereocenters. The SMILES string of the molecule is CN1C=CN(c2[c-]c(Oc3cc(C(C)(C)C)cc(C4(c5[c-]cccc5)c5cc(C(C)(C)C)ccc5-c5ccc(C(C)(C)C)cc54)n3)ccc2)[CH-]1.[Pt]. The van der Waals surface area contributed by atoms with Gasteiger partial charge >= 0.3 is 0 Å². The summed E-state index contributed by atoms with van der Waals surface area (Å²) in [5, 5.41) is 0. The number of aromatic nitrogens is 1. The Hall–Kier alpha value is -4.14. The standard InChI is InChI=1S/C46H48N3O.Pt/c1-43(2,3)32-19-21-37-38-22-20-33(44(4,5)6)26-40(38)46(39(37)25-32,31-15-12-11-13-16-31)41-27-34(45(7,8)9)28-42(47-41)50-36-18-14-17-35(29-36)49-24-23-48(10)30-49;/h11-15,17-28,30H,1-10H3;/q-3;. The quantitative estimate of drug-likeness (QED) is 0.162. The van der Waals surface area contributed by atoms with Gasteiger partial charge in [0, 0.05) is 32.9 Å². The van der Waals surface area contributed by atoms with Crippen molar-refractivity contribution in [2.75, 3.05) is 11.9 Å². The van der Waals surface area contributed by atoms with Crippen LogP contribution in [0.3, 0.4) is 0 Å². The molecule has 2 heterocycles. The molecule has 51 heavy (non-hydrogen) atoms. The third kappa shape index (κ3) is 6.69. The molecule has 0 saturated heterocycles. The third-order valence-corrected chi connectivity index (χ3v) is 10.0. The van der Waals surface area contributed by atoms with Crippen LogP contribution in [0.15, 0.2) is 103 Å². The van der Waals surface area contributed by atoms with E-state index in [2.05, 4.69) is 135 Å². The Balaban J connectivity index is 0.00000448. The van der Waals surface area contributed by atoms with Crippen molar-refractivity contribution in [3.05, 3.63) is 161 Å². The number of hydrogen-bond acceptors (Lipinski definition) is 4. The number of ether oxygens (including phenoxy) is 1. The Labute approximate surface area is 319 Å². The fourth-order valence-corrected chi connectivity index (χ4v) is 7.12. The maximum atomic E-state index is 6.70. The topological polar surface area (TPSA) is 28.6 Å². The van der Waals surface area contributed by atoms with Gasteiger partial charge in [-0.15, -0.1) is 29.4 Å². The van der Waals surface area contributed by atoms with Crippen molar-refractivity contribution in [2.24, 2.45) is 0 Å². The van der Waals surface area contributed by atoms with E-state index in [0.29, 0.717) is 11.6 Å². The summed E-state index contributed by atoms with van der Waals surface area (Å²) in [5.74, 6) is 1.16. The average Bonchev–Trinajstić information content (AvgIpc) is 3.63. The van der Waals surface area contributed by atoms with Crippen molar-refractivity contribution in [3.63, 3.8) is 0 Å². The van der Waals surface area contributed by atoms with Crippen LogP contribution in [0.1, 0.15) is 101 Å². The monoisotopic (exact) mass is 853 g/mol. The van der Waals surface area contributed by atoms with Gasteiger partial charge in [0.1, 0.15) is 0 Å². The number of benzene rings is 4. The van der Waals surface area contributed by atoms with Gasteiger partial charge in [-0.1, -0.05) is 98.7 Å². The molecular weight excluding hydrogens is 806 g/mol. The first-order valence-electron chi connectivity index (χ1n) is 17.6. The first-order chi connectivity index (χ1) is 23.5. The summed E-state index contributed by atoms with van der Waals surface area (Å²) in [5.41, 5.74) is 10.5. The van der Waals surface area contributed by atoms with Crippen LogP contribution in [0, 0.1) is 18.8 Å². The fourth-order valence-electron chi connectivity index (χ4n) is 7.12. The van der Waals surface area contributed by atoms with E-state index in [0.717, 1.165) is 22.5 Å². The number of rotatable bonds is 5. The third-order valence-electron chi connectivity index (χ3n) is 10.0. The van der Waals surface area contributed by atoms with Gasteiger partial charge in [0.15, 0.2) is 0 Å². The van der Waals surface area contributed by atoms with Crippen LogP contribution in [-0.2, 0) is 42.7 Å². The first kappa shape index (κ1) is 36.6. The fraction of sp³-hybridized carbons (Fsp3) is 0.304. The minimum Gasteiger partial charge on any atom is -0.510 e. The van der Waals surface area contributed by atoms with E-state index in [1.165, 1.54) is 33.4 Å². The Kier molecular flexibility index (Phi) is 9.43. The van der Waals surface area contributed by atoms with Crippen molar-refractivity contribution in [1.29, 1.82) is 0 Å². The number of anilines is 1. The second-order valence-electron chi connectivity index (χ2n) is 16.9. The maximum absolute atomic E-state index is 6.70. The first-order valence-corrected chi connectivity index (χ1v) is 17.6. The van der Waals surface area contributed by atoms with E-state index in [9.17, 15) is 0 Å². The number of pyridine rings is 1. The molecule has 2 aliphatic rings. The van der Waals surface area contributed by atoms with E-state index in [1.54, 1.807) is 0 Å². The summed E-state index contributed by atoms with van der Waals surface area (Å²) in [6, 6.07) is 40.1. The molecule has 1 aliphatic carbocycles. The van der Waals surface area contributed by atoms with Crippen LogP contribution in [0.4, 0.5) is 5.69 Å².